The molecule has 5 heteroatoms. The van der Waals surface area contributed by atoms with Crippen LogP contribution >= 0.6 is 0 Å². The molecule has 0 saturated carbocycles. The zero-order valence-corrected chi connectivity index (χ0v) is 15.9. The number of aromatic nitrogens is 2. The summed E-state index contributed by atoms with van der Waals surface area (Å²) in [5.74, 6) is 1.12. The molecule has 1 heterocycles. The predicted molar refractivity (Wildman–Crippen MR) is 99.9 cm³/mol. The average molecular weight is 343 g/mol. The highest BCUT2D eigenvalue weighted by molar-refractivity contribution is 5.80. The van der Waals surface area contributed by atoms with Crippen LogP contribution in [-0.2, 0) is 11.3 Å². The lowest BCUT2D eigenvalue weighted by molar-refractivity contribution is -0.127. The lowest BCUT2D eigenvalue weighted by atomic mass is 9.98. The van der Waals surface area contributed by atoms with Crippen LogP contribution in [0.3, 0.4) is 0 Å². The molecule has 0 radical (unpaired) electrons. The molecule has 1 N–H and O–H groups in total. The second-order valence-corrected chi connectivity index (χ2v) is 6.86. The molecule has 0 aliphatic carbocycles. The number of nitrogens with zero attached hydrogens (tertiary/aromatic N) is 2. The minimum atomic E-state index is -0.517. The van der Waals surface area contributed by atoms with Gasteiger partial charge in [-0.1, -0.05) is 19.9 Å². The molecule has 1 atom stereocenters. The fourth-order valence-corrected chi connectivity index (χ4v) is 2.81. The topological polar surface area (TPSA) is 56.2 Å². The van der Waals surface area contributed by atoms with Crippen LogP contribution in [0.25, 0.3) is 0 Å². The summed E-state index contributed by atoms with van der Waals surface area (Å²) in [7, 11) is 0. The molecule has 0 spiro atoms. The first-order chi connectivity index (χ1) is 11.9. The molecule has 1 amide bonds. The molecule has 25 heavy (non-hydrogen) atoms. The van der Waals surface area contributed by atoms with Gasteiger partial charge in [0.1, 0.15) is 5.75 Å². The first-order valence-corrected chi connectivity index (χ1v) is 8.90. The highest BCUT2D eigenvalue weighted by Crippen LogP contribution is 2.24. The quantitative estimate of drug-likeness (QED) is 0.745. The summed E-state index contributed by atoms with van der Waals surface area (Å²) in [6.07, 6.45) is 4.15. The number of nitrogens with one attached hydrogen (secondary N) is 1. The number of ether oxygens (including phenoxy) is 1. The Hall–Kier alpha value is -2.30. The van der Waals surface area contributed by atoms with Gasteiger partial charge in [0, 0.05) is 19.3 Å². The maximum Gasteiger partial charge on any atom is 0.260 e. The van der Waals surface area contributed by atoms with Gasteiger partial charge in [-0.15, -0.1) is 0 Å². The van der Waals surface area contributed by atoms with Crippen molar-refractivity contribution in [1.82, 2.24) is 15.1 Å². The van der Waals surface area contributed by atoms with E-state index in [1.807, 2.05) is 36.1 Å². The van der Waals surface area contributed by atoms with E-state index in [2.05, 4.69) is 37.3 Å². The van der Waals surface area contributed by atoms with Crippen molar-refractivity contribution >= 4 is 5.91 Å². The standard InChI is InChI=1S/C20H29N3O2/c1-14(2)19-8-7-18(11-16(19)4)25-17(5)20(24)21-9-6-10-23-13-15(3)12-22-23/h7-8,11-14,17H,6,9-10H2,1-5H3,(H,21,24). The molecule has 5 nitrogen and oxygen atoms in total. The van der Waals surface area contributed by atoms with Crippen LogP contribution in [0.15, 0.2) is 30.6 Å². The zero-order chi connectivity index (χ0) is 18.4. The van der Waals surface area contributed by atoms with E-state index in [1.165, 1.54) is 11.1 Å². The summed E-state index contributed by atoms with van der Waals surface area (Å²) in [6, 6.07) is 6.01. The first kappa shape index (κ1) is 19.0. The van der Waals surface area contributed by atoms with Gasteiger partial charge in [0.15, 0.2) is 6.10 Å². The molecular formula is C20H29N3O2. The second kappa shape index (κ2) is 8.70. The SMILES string of the molecule is Cc1cnn(CCCNC(=O)C(C)Oc2ccc(C(C)C)c(C)c2)c1. The Balaban J connectivity index is 1.77. The Bertz CT molecular complexity index is 707. The molecule has 0 aliphatic rings. The summed E-state index contributed by atoms with van der Waals surface area (Å²) in [5, 5.41) is 7.15. The van der Waals surface area contributed by atoms with Crippen molar-refractivity contribution in [1.29, 1.82) is 0 Å². The van der Waals surface area contributed by atoms with Gasteiger partial charge in [-0.3, -0.25) is 9.48 Å². The number of aryl methyl sites for hydroxylation is 3. The molecule has 1 aromatic heterocycles. The number of benzene rings is 1. The van der Waals surface area contributed by atoms with Crippen LogP contribution in [0.1, 0.15) is 49.8 Å². The van der Waals surface area contributed by atoms with Crippen LogP contribution in [0, 0.1) is 13.8 Å². The minimum absolute atomic E-state index is 0.0952. The third-order valence-electron chi connectivity index (χ3n) is 4.17. The van der Waals surface area contributed by atoms with Crippen molar-refractivity contribution < 1.29 is 9.53 Å². The maximum absolute atomic E-state index is 12.2. The molecule has 0 aliphatic heterocycles. The van der Waals surface area contributed by atoms with E-state index in [1.54, 1.807) is 6.92 Å². The molecule has 0 bridgehead atoms. The number of carbonyl (C=O) groups excluding carboxylic acids is 1. The van der Waals surface area contributed by atoms with E-state index in [0.717, 1.165) is 24.3 Å². The molecular weight excluding hydrogens is 314 g/mol. The van der Waals surface area contributed by atoms with Gasteiger partial charge in [0.2, 0.25) is 0 Å². The number of hydrogen-bond acceptors (Lipinski definition) is 3. The van der Waals surface area contributed by atoms with E-state index < -0.39 is 6.10 Å². The zero-order valence-electron chi connectivity index (χ0n) is 15.9. The van der Waals surface area contributed by atoms with Crippen molar-refractivity contribution in [3.63, 3.8) is 0 Å². The Labute approximate surface area is 150 Å². The van der Waals surface area contributed by atoms with Crippen molar-refractivity contribution in [2.45, 2.75) is 59.6 Å². The first-order valence-electron chi connectivity index (χ1n) is 8.90. The van der Waals surface area contributed by atoms with Crippen molar-refractivity contribution in [3.05, 3.63) is 47.3 Å². The van der Waals surface area contributed by atoms with E-state index in [9.17, 15) is 4.79 Å². The third kappa shape index (κ3) is 5.62. The lowest BCUT2D eigenvalue weighted by Crippen LogP contribution is -2.37. The largest absolute Gasteiger partial charge is 0.481 e. The smallest absolute Gasteiger partial charge is 0.260 e. The number of rotatable bonds is 8. The van der Waals surface area contributed by atoms with Gasteiger partial charge < -0.3 is 10.1 Å². The minimum Gasteiger partial charge on any atom is -0.481 e. The fraction of sp³-hybridized carbons (Fsp3) is 0.500. The fourth-order valence-electron chi connectivity index (χ4n) is 2.81. The van der Waals surface area contributed by atoms with Crippen LogP contribution in [-0.4, -0.2) is 28.3 Å². The molecule has 1 unspecified atom stereocenters. The van der Waals surface area contributed by atoms with Crippen LogP contribution in [0.5, 0.6) is 5.75 Å². The van der Waals surface area contributed by atoms with Gasteiger partial charge >= 0.3 is 0 Å². The molecule has 1 aromatic carbocycles. The summed E-state index contributed by atoms with van der Waals surface area (Å²) in [6.45, 7) is 11.6. The maximum atomic E-state index is 12.2. The summed E-state index contributed by atoms with van der Waals surface area (Å²) in [5.41, 5.74) is 3.64. The number of hydrogen-bond donors (Lipinski definition) is 1. The molecule has 2 aromatic rings. The Kier molecular flexibility index (Phi) is 6.62. The van der Waals surface area contributed by atoms with Gasteiger partial charge in [-0.2, -0.15) is 5.10 Å². The molecule has 0 saturated heterocycles. The van der Waals surface area contributed by atoms with E-state index in [4.69, 9.17) is 4.74 Å². The van der Waals surface area contributed by atoms with E-state index >= 15 is 0 Å². The Morgan fingerprint density at radius 3 is 2.64 bits per heavy atom. The summed E-state index contributed by atoms with van der Waals surface area (Å²) >= 11 is 0. The van der Waals surface area contributed by atoms with Gasteiger partial charge in [0.05, 0.1) is 6.20 Å². The normalized spacial score (nSPS) is 12.2. The predicted octanol–water partition coefficient (Wildman–Crippen LogP) is 3.60. The Morgan fingerprint density at radius 1 is 1.28 bits per heavy atom. The Morgan fingerprint density at radius 2 is 2.04 bits per heavy atom. The van der Waals surface area contributed by atoms with Crippen molar-refractivity contribution in [3.8, 4) is 5.75 Å². The number of amides is 1. The van der Waals surface area contributed by atoms with Gasteiger partial charge in [-0.05, 0) is 61.9 Å². The summed E-state index contributed by atoms with van der Waals surface area (Å²) in [4.78, 5) is 12.2. The second-order valence-electron chi connectivity index (χ2n) is 6.86. The van der Waals surface area contributed by atoms with Crippen molar-refractivity contribution in [2.75, 3.05) is 6.54 Å². The van der Waals surface area contributed by atoms with Crippen LogP contribution < -0.4 is 10.1 Å². The highest BCUT2D eigenvalue weighted by Gasteiger charge is 2.15. The third-order valence-corrected chi connectivity index (χ3v) is 4.17. The molecule has 136 valence electrons. The highest BCUT2D eigenvalue weighted by atomic mass is 16.5. The molecule has 0 fully saturated rings. The van der Waals surface area contributed by atoms with Crippen LogP contribution in [0.2, 0.25) is 0 Å². The van der Waals surface area contributed by atoms with Gasteiger partial charge in [0.25, 0.3) is 5.91 Å². The average Bonchev–Trinajstić information content (AvgIpc) is 2.96. The number of carbonyl (C=O) groups is 1. The summed E-state index contributed by atoms with van der Waals surface area (Å²) < 4.78 is 7.67. The van der Waals surface area contributed by atoms with Gasteiger partial charge in [-0.25, -0.2) is 0 Å². The lowest BCUT2D eigenvalue weighted by Gasteiger charge is -2.17. The van der Waals surface area contributed by atoms with Crippen LogP contribution in [0.4, 0.5) is 0 Å². The van der Waals surface area contributed by atoms with E-state index in [0.29, 0.717) is 12.5 Å². The monoisotopic (exact) mass is 343 g/mol. The van der Waals surface area contributed by atoms with Crippen molar-refractivity contribution in [2.24, 2.45) is 0 Å². The van der Waals surface area contributed by atoms with E-state index in [-0.39, 0.29) is 5.91 Å². The molecule has 2 rings (SSSR count).